The Bertz CT molecular complexity index is 1010. The summed E-state index contributed by atoms with van der Waals surface area (Å²) in [6.07, 6.45) is 0. The molecule has 9 heteroatoms. The van der Waals surface area contributed by atoms with E-state index in [2.05, 4.69) is 46.6 Å². The van der Waals surface area contributed by atoms with Crippen molar-refractivity contribution in [1.82, 2.24) is 30.0 Å². The zero-order valence-corrected chi connectivity index (χ0v) is 17.5. The highest BCUT2D eigenvalue weighted by Crippen LogP contribution is 2.19. The van der Waals surface area contributed by atoms with Crippen LogP contribution < -0.4 is 11.2 Å². The third-order valence-electron chi connectivity index (χ3n) is 4.59. The Morgan fingerprint density at radius 2 is 1.93 bits per heavy atom. The largest absolute Gasteiger partial charge is 0.349 e. The quantitative estimate of drug-likeness (QED) is 0.487. The maximum absolute atomic E-state index is 12.3. The van der Waals surface area contributed by atoms with Crippen LogP contribution in [0.2, 0.25) is 0 Å². The molecule has 0 bridgehead atoms. The second kappa shape index (κ2) is 8.05. The molecule has 0 fully saturated rings. The molecule has 1 unspecified atom stereocenters. The predicted octanol–water partition coefficient (Wildman–Crippen LogP) is 2.38. The summed E-state index contributed by atoms with van der Waals surface area (Å²) in [4.78, 5) is 12.3. The van der Waals surface area contributed by atoms with Gasteiger partial charge in [-0.1, -0.05) is 30.0 Å². The lowest BCUT2D eigenvalue weighted by Gasteiger charge is -2.15. The molecule has 1 atom stereocenters. The zero-order valence-electron chi connectivity index (χ0n) is 16.7. The van der Waals surface area contributed by atoms with E-state index in [1.165, 1.54) is 27.6 Å². The fourth-order valence-corrected chi connectivity index (χ4v) is 3.54. The molecule has 0 spiro atoms. The van der Waals surface area contributed by atoms with Crippen LogP contribution in [-0.2, 0) is 4.79 Å². The highest BCUT2D eigenvalue weighted by atomic mass is 32.2. The fourth-order valence-electron chi connectivity index (χ4n) is 2.87. The number of nitrogens with zero attached hydrogens (tertiary/aromatic N) is 5. The summed E-state index contributed by atoms with van der Waals surface area (Å²) in [6.45, 7) is 9.93. The van der Waals surface area contributed by atoms with Gasteiger partial charge in [0.15, 0.2) is 0 Å². The third kappa shape index (κ3) is 4.19. The van der Waals surface area contributed by atoms with E-state index in [0.717, 1.165) is 17.0 Å². The molecule has 1 amide bonds. The molecule has 2 aromatic heterocycles. The van der Waals surface area contributed by atoms with E-state index in [0.29, 0.717) is 11.1 Å². The smallest absolute Gasteiger partial charge is 0.271 e. The van der Waals surface area contributed by atoms with E-state index in [-0.39, 0.29) is 17.7 Å². The van der Waals surface area contributed by atoms with Crippen LogP contribution in [0.15, 0.2) is 29.4 Å². The monoisotopic (exact) mass is 399 g/mol. The standard InChI is InChI=1S/C19H25N7OS/c1-11-6-7-16(8-12(11)2)15(5)21-17(27)10-28-19-23-22-18(25(19)20)26-14(4)9-13(3)24-26/h6-9,15H,10,20H2,1-5H3,(H,21,27). The van der Waals surface area contributed by atoms with Crippen LogP contribution in [0.1, 0.15) is 41.0 Å². The molecule has 0 aliphatic rings. The van der Waals surface area contributed by atoms with Crippen molar-refractivity contribution in [3.8, 4) is 5.95 Å². The molecular formula is C19H25N7OS. The SMILES string of the molecule is Cc1cc(C)n(-c2nnc(SCC(=O)NC(C)c3ccc(C)c(C)c3)n2N)n1. The minimum Gasteiger partial charge on any atom is -0.349 e. The molecule has 148 valence electrons. The van der Waals surface area contributed by atoms with Crippen LogP contribution in [0, 0.1) is 27.7 Å². The summed E-state index contributed by atoms with van der Waals surface area (Å²) in [5, 5.41) is 16.0. The predicted molar refractivity (Wildman–Crippen MR) is 110 cm³/mol. The molecule has 3 rings (SSSR count). The molecule has 3 N–H and O–H groups in total. The van der Waals surface area contributed by atoms with Crippen molar-refractivity contribution in [3.63, 3.8) is 0 Å². The topological polar surface area (TPSA) is 104 Å². The number of carbonyl (C=O) groups is 1. The van der Waals surface area contributed by atoms with Crippen LogP contribution in [-0.4, -0.2) is 36.3 Å². The third-order valence-corrected chi connectivity index (χ3v) is 5.53. The lowest BCUT2D eigenvalue weighted by atomic mass is 10.0. The molecule has 8 nitrogen and oxygen atoms in total. The van der Waals surface area contributed by atoms with Gasteiger partial charge in [0, 0.05) is 5.69 Å². The van der Waals surface area contributed by atoms with Gasteiger partial charge in [-0.15, -0.1) is 10.2 Å². The van der Waals surface area contributed by atoms with Crippen molar-refractivity contribution in [3.05, 3.63) is 52.3 Å². The Morgan fingerprint density at radius 1 is 1.18 bits per heavy atom. The molecule has 0 radical (unpaired) electrons. The van der Waals surface area contributed by atoms with Crippen LogP contribution in [0.5, 0.6) is 0 Å². The van der Waals surface area contributed by atoms with E-state index in [4.69, 9.17) is 5.84 Å². The number of nitrogens with one attached hydrogen (secondary N) is 1. The normalized spacial score (nSPS) is 12.2. The van der Waals surface area contributed by atoms with Gasteiger partial charge in [0.2, 0.25) is 11.1 Å². The Balaban J connectivity index is 1.62. The summed E-state index contributed by atoms with van der Waals surface area (Å²) >= 11 is 1.24. The fraction of sp³-hybridized carbons (Fsp3) is 0.368. The van der Waals surface area contributed by atoms with Gasteiger partial charge in [0.05, 0.1) is 17.5 Å². The number of amides is 1. The first-order valence-electron chi connectivity index (χ1n) is 8.99. The summed E-state index contributed by atoms with van der Waals surface area (Å²) in [5.74, 6) is 6.62. The van der Waals surface area contributed by atoms with Gasteiger partial charge >= 0.3 is 0 Å². The van der Waals surface area contributed by atoms with E-state index in [1.807, 2.05) is 32.9 Å². The average molecular weight is 400 g/mol. The van der Waals surface area contributed by atoms with Crippen LogP contribution in [0.25, 0.3) is 5.95 Å². The number of carbonyl (C=O) groups excluding carboxylic acids is 1. The number of nitrogen functional groups attached to an aromatic ring is 1. The maximum Gasteiger partial charge on any atom is 0.271 e. The summed E-state index contributed by atoms with van der Waals surface area (Å²) in [7, 11) is 0. The number of benzene rings is 1. The summed E-state index contributed by atoms with van der Waals surface area (Å²) in [5.41, 5.74) is 5.30. The first-order valence-corrected chi connectivity index (χ1v) is 9.98. The summed E-state index contributed by atoms with van der Waals surface area (Å²) < 4.78 is 2.98. The van der Waals surface area contributed by atoms with Crippen molar-refractivity contribution in [2.45, 2.75) is 45.8 Å². The van der Waals surface area contributed by atoms with Crippen molar-refractivity contribution in [1.29, 1.82) is 0 Å². The molecule has 0 saturated carbocycles. The van der Waals surface area contributed by atoms with E-state index < -0.39 is 0 Å². The van der Waals surface area contributed by atoms with Gasteiger partial charge in [-0.25, -0.2) is 9.36 Å². The molecule has 0 aliphatic heterocycles. The Kier molecular flexibility index (Phi) is 5.73. The minimum absolute atomic E-state index is 0.0755. The number of hydrogen-bond donors (Lipinski definition) is 2. The van der Waals surface area contributed by atoms with Gasteiger partial charge < -0.3 is 11.2 Å². The van der Waals surface area contributed by atoms with Gasteiger partial charge in [0.1, 0.15) is 0 Å². The molecule has 2 heterocycles. The lowest BCUT2D eigenvalue weighted by molar-refractivity contribution is -0.119. The molecule has 0 aliphatic carbocycles. The molecular weight excluding hydrogens is 374 g/mol. The lowest BCUT2D eigenvalue weighted by Crippen LogP contribution is -2.28. The molecule has 1 aromatic carbocycles. The number of aryl methyl sites for hydroxylation is 4. The second-order valence-electron chi connectivity index (χ2n) is 6.91. The zero-order chi connectivity index (χ0) is 20.4. The number of aromatic nitrogens is 5. The number of nitrogens with two attached hydrogens (primary N) is 1. The van der Waals surface area contributed by atoms with Crippen LogP contribution in [0.4, 0.5) is 0 Å². The van der Waals surface area contributed by atoms with Crippen molar-refractivity contribution in [2.24, 2.45) is 0 Å². The Hall–Kier alpha value is -2.81. The van der Waals surface area contributed by atoms with Crippen molar-refractivity contribution >= 4 is 17.7 Å². The maximum atomic E-state index is 12.3. The highest BCUT2D eigenvalue weighted by Gasteiger charge is 2.17. The van der Waals surface area contributed by atoms with Crippen LogP contribution >= 0.6 is 11.8 Å². The molecule has 3 aromatic rings. The number of hydrogen-bond acceptors (Lipinski definition) is 6. The number of thioether (sulfide) groups is 1. The Labute approximate surface area is 168 Å². The van der Waals surface area contributed by atoms with Gasteiger partial charge in [0.25, 0.3) is 5.95 Å². The van der Waals surface area contributed by atoms with Gasteiger partial charge in [-0.05, 0) is 57.4 Å². The van der Waals surface area contributed by atoms with Gasteiger partial charge in [-0.2, -0.15) is 5.10 Å². The van der Waals surface area contributed by atoms with E-state index in [9.17, 15) is 4.79 Å². The van der Waals surface area contributed by atoms with Crippen molar-refractivity contribution in [2.75, 3.05) is 11.6 Å². The Morgan fingerprint density at radius 3 is 2.57 bits per heavy atom. The number of rotatable bonds is 6. The highest BCUT2D eigenvalue weighted by molar-refractivity contribution is 7.99. The summed E-state index contributed by atoms with van der Waals surface area (Å²) in [6, 6.07) is 8.07. The average Bonchev–Trinajstić information content (AvgIpc) is 3.16. The second-order valence-corrected chi connectivity index (χ2v) is 7.86. The first kappa shape index (κ1) is 19.9. The minimum atomic E-state index is -0.0913. The molecule has 28 heavy (non-hydrogen) atoms. The van der Waals surface area contributed by atoms with Crippen molar-refractivity contribution < 1.29 is 4.79 Å². The molecule has 0 saturated heterocycles. The van der Waals surface area contributed by atoms with E-state index in [1.54, 1.807) is 4.68 Å². The van der Waals surface area contributed by atoms with Crippen LogP contribution in [0.3, 0.4) is 0 Å². The first-order chi connectivity index (χ1) is 13.3. The van der Waals surface area contributed by atoms with Gasteiger partial charge in [-0.3, -0.25) is 4.79 Å². The van der Waals surface area contributed by atoms with E-state index >= 15 is 0 Å².